The highest BCUT2D eigenvalue weighted by atomic mass is 16.7. The van der Waals surface area contributed by atoms with E-state index in [0.29, 0.717) is 6.42 Å². The molecule has 0 aliphatic carbocycles. The number of carbonyl (C=O) groups is 3. The Labute approximate surface area is 144 Å². The summed E-state index contributed by atoms with van der Waals surface area (Å²) in [5.41, 5.74) is 1.12. The minimum atomic E-state index is -1.25. The Bertz CT molecular complexity index is 603. The van der Waals surface area contributed by atoms with Gasteiger partial charge >= 0.3 is 18.0 Å². The van der Waals surface area contributed by atoms with Gasteiger partial charge in [0.25, 0.3) is 0 Å². The third-order valence-corrected chi connectivity index (χ3v) is 2.61. The number of rotatable bonds is 8. The van der Waals surface area contributed by atoms with Gasteiger partial charge in [-0.05, 0) is 39.0 Å². The van der Waals surface area contributed by atoms with Crippen LogP contribution in [0.15, 0.2) is 18.2 Å². The molecule has 0 aliphatic rings. The molecule has 1 aromatic rings. The van der Waals surface area contributed by atoms with Crippen LogP contribution in [0.5, 0.6) is 5.75 Å². The van der Waals surface area contributed by atoms with Crippen LogP contribution in [-0.2, 0) is 9.57 Å². The van der Waals surface area contributed by atoms with Crippen LogP contribution in [0.2, 0.25) is 0 Å². The van der Waals surface area contributed by atoms with Crippen LogP contribution in [0.3, 0.4) is 0 Å². The molecule has 0 spiro atoms. The fourth-order valence-electron chi connectivity index (χ4n) is 1.66. The van der Waals surface area contributed by atoms with Gasteiger partial charge < -0.3 is 19.7 Å². The number of hydrogen-bond donors (Lipinski definition) is 3. The van der Waals surface area contributed by atoms with E-state index < -0.39 is 23.6 Å². The summed E-state index contributed by atoms with van der Waals surface area (Å²) in [5, 5.41) is 17.9. The van der Waals surface area contributed by atoms with Gasteiger partial charge in [0.15, 0.2) is 0 Å². The third-order valence-electron chi connectivity index (χ3n) is 2.61. The Morgan fingerprint density at radius 1 is 1.00 bits per heavy atom. The van der Waals surface area contributed by atoms with Crippen molar-refractivity contribution in [1.82, 2.24) is 5.48 Å². The molecule has 1 amide bonds. The summed E-state index contributed by atoms with van der Waals surface area (Å²) in [4.78, 5) is 38.2. The van der Waals surface area contributed by atoms with Gasteiger partial charge in [0.1, 0.15) is 11.4 Å². The van der Waals surface area contributed by atoms with E-state index in [4.69, 9.17) is 24.5 Å². The van der Waals surface area contributed by atoms with Crippen molar-refractivity contribution in [2.75, 3.05) is 13.2 Å². The zero-order valence-electron chi connectivity index (χ0n) is 14.2. The van der Waals surface area contributed by atoms with E-state index in [1.807, 2.05) is 0 Å². The Morgan fingerprint density at radius 3 is 2.04 bits per heavy atom. The first-order valence-electron chi connectivity index (χ1n) is 7.44. The Kier molecular flexibility index (Phi) is 7.19. The summed E-state index contributed by atoms with van der Waals surface area (Å²) in [6.07, 6.45) is -0.344. The van der Waals surface area contributed by atoms with Crippen LogP contribution in [-0.4, -0.2) is 47.1 Å². The van der Waals surface area contributed by atoms with Gasteiger partial charge in [-0.2, -0.15) is 5.48 Å². The first-order valence-corrected chi connectivity index (χ1v) is 7.44. The van der Waals surface area contributed by atoms with Crippen LogP contribution in [0.25, 0.3) is 0 Å². The summed E-state index contributed by atoms with van der Waals surface area (Å²) in [6, 6.07) is 3.51. The van der Waals surface area contributed by atoms with Gasteiger partial charge in [-0.1, -0.05) is 0 Å². The Morgan fingerprint density at radius 2 is 1.56 bits per heavy atom. The minimum Gasteiger partial charge on any atom is -0.493 e. The highest BCUT2D eigenvalue weighted by Gasteiger charge is 2.16. The number of carboxylic acid groups (broad SMARTS) is 2. The summed E-state index contributed by atoms with van der Waals surface area (Å²) < 4.78 is 10.3. The standard InChI is InChI=1S/C16H21NO8/c1-16(2,3)25-15(22)17-24-6-4-5-23-12-8-10(13(18)19)7-11(9-12)14(20)21/h7-9H,4-6H2,1-3H3,(H,17,22)(H,18,19)(H,20,21). The van der Waals surface area contributed by atoms with E-state index >= 15 is 0 Å². The first kappa shape index (κ1) is 20.2. The maximum Gasteiger partial charge on any atom is 0.431 e. The van der Waals surface area contributed by atoms with Crippen molar-refractivity contribution in [2.24, 2.45) is 0 Å². The average molecular weight is 355 g/mol. The lowest BCUT2D eigenvalue weighted by Gasteiger charge is -2.19. The van der Waals surface area contributed by atoms with Crippen molar-refractivity contribution in [3.8, 4) is 5.75 Å². The molecule has 0 aromatic heterocycles. The van der Waals surface area contributed by atoms with Gasteiger partial charge in [0, 0.05) is 6.42 Å². The molecule has 0 heterocycles. The molecule has 0 atom stereocenters. The quantitative estimate of drug-likeness (QED) is 0.478. The molecule has 0 saturated heterocycles. The van der Waals surface area contributed by atoms with Gasteiger partial charge in [-0.25, -0.2) is 14.4 Å². The van der Waals surface area contributed by atoms with Crippen molar-refractivity contribution in [2.45, 2.75) is 32.8 Å². The third kappa shape index (κ3) is 8.02. The fraction of sp³-hybridized carbons (Fsp3) is 0.438. The van der Waals surface area contributed by atoms with Gasteiger partial charge in [-0.15, -0.1) is 0 Å². The molecular formula is C16H21NO8. The topological polar surface area (TPSA) is 131 Å². The molecule has 0 aliphatic heterocycles. The second kappa shape index (κ2) is 8.88. The number of carbonyl (C=O) groups excluding carboxylic acids is 1. The number of hydrogen-bond acceptors (Lipinski definition) is 6. The van der Waals surface area contributed by atoms with E-state index in [1.165, 1.54) is 12.1 Å². The van der Waals surface area contributed by atoms with E-state index in [-0.39, 0.29) is 30.1 Å². The van der Waals surface area contributed by atoms with Crippen molar-refractivity contribution >= 4 is 18.0 Å². The molecule has 0 saturated carbocycles. The Balaban J connectivity index is 2.40. The van der Waals surface area contributed by atoms with Crippen LogP contribution in [0.4, 0.5) is 4.79 Å². The predicted molar refractivity (Wildman–Crippen MR) is 85.8 cm³/mol. The maximum absolute atomic E-state index is 11.3. The number of hydroxylamine groups is 1. The molecule has 1 aromatic carbocycles. The number of nitrogens with one attached hydrogen (secondary N) is 1. The summed E-state index contributed by atoms with van der Waals surface area (Å²) in [5.74, 6) is -2.38. The summed E-state index contributed by atoms with van der Waals surface area (Å²) in [7, 11) is 0. The Hall–Kier alpha value is -2.81. The highest BCUT2D eigenvalue weighted by Crippen LogP contribution is 2.18. The summed E-state index contributed by atoms with van der Waals surface area (Å²) >= 11 is 0. The molecule has 1 rings (SSSR count). The van der Waals surface area contributed by atoms with Crippen LogP contribution < -0.4 is 10.2 Å². The van der Waals surface area contributed by atoms with Crippen LogP contribution in [0, 0.1) is 0 Å². The SMILES string of the molecule is CC(C)(C)OC(=O)NOCCCOc1cc(C(=O)O)cc(C(=O)O)c1. The number of ether oxygens (including phenoxy) is 2. The number of aromatic carboxylic acids is 2. The monoisotopic (exact) mass is 355 g/mol. The predicted octanol–water partition coefficient (Wildman–Crippen LogP) is 2.31. The zero-order valence-corrected chi connectivity index (χ0v) is 14.2. The molecular weight excluding hydrogens is 334 g/mol. The van der Waals surface area contributed by atoms with Crippen LogP contribution >= 0.6 is 0 Å². The zero-order chi connectivity index (χ0) is 19.0. The van der Waals surface area contributed by atoms with Crippen molar-refractivity contribution in [3.05, 3.63) is 29.3 Å². The molecule has 0 fully saturated rings. The smallest absolute Gasteiger partial charge is 0.431 e. The largest absolute Gasteiger partial charge is 0.493 e. The molecule has 3 N–H and O–H groups in total. The van der Waals surface area contributed by atoms with Gasteiger partial charge in [0.2, 0.25) is 0 Å². The fourth-order valence-corrected chi connectivity index (χ4v) is 1.66. The second-order valence-corrected chi connectivity index (χ2v) is 6.01. The van der Waals surface area contributed by atoms with E-state index in [0.717, 1.165) is 6.07 Å². The number of amides is 1. The van der Waals surface area contributed by atoms with Crippen molar-refractivity contribution in [1.29, 1.82) is 0 Å². The highest BCUT2D eigenvalue weighted by molar-refractivity contribution is 5.94. The minimum absolute atomic E-state index is 0.123. The van der Waals surface area contributed by atoms with Gasteiger partial charge in [-0.3, -0.25) is 4.84 Å². The summed E-state index contributed by atoms with van der Waals surface area (Å²) in [6.45, 7) is 5.42. The molecule has 138 valence electrons. The lowest BCUT2D eigenvalue weighted by Crippen LogP contribution is -2.32. The average Bonchev–Trinajstić information content (AvgIpc) is 2.48. The van der Waals surface area contributed by atoms with Crippen molar-refractivity contribution < 1.29 is 38.9 Å². The lowest BCUT2D eigenvalue weighted by atomic mass is 10.1. The van der Waals surface area contributed by atoms with E-state index in [2.05, 4.69) is 5.48 Å². The van der Waals surface area contributed by atoms with Crippen molar-refractivity contribution in [3.63, 3.8) is 0 Å². The second-order valence-electron chi connectivity index (χ2n) is 6.01. The number of carboxylic acids is 2. The van der Waals surface area contributed by atoms with Crippen LogP contribution in [0.1, 0.15) is 47.9 Å². The molecule has 25 heavy (non-hydrogen) atoms. The van der Waals surface area contributed by atoms with E-state index in [1.54, 1.807) is 20.8 Å². The first-order chi connectivity index (χ1) is 11.6. The maximum atomic E-state index is 11.3. The molecule has 9 nitrogen and oxygen atoms in total. The molecule has 0 radical (unpaired) electrons. The lowest BCUT2D eigenvalue weighted by molar-refractivity contribution is -0.0101. The molecule has 0 unspecified atom stereocenters. The molecule has 0 bridgehead atoms. The molecule has 9 heteroatoms. The van der Waals surface area contributed by atoms with Gasteiger partial charge in [0.05, 0.1) is 24.3 Å². The normalized spacial score (nSPS) is 10.8. The number of benzene rings is 1. The van der Waals surface area contributed by atoms with E-state index in [9.17, 15) is 14.4 Å².